The van der Waals surface area contributed by atoms with Gasteiger partial charge in [-0.1, -0.05) is 20.8 Å². The molecule has 0 spiro atoms. The van der Waals surface area contributed by atoms with E-state index in [2.05, 4.69) is 4.72 Å². The number of sulfonamides is 1. The Hall–Kier alpha value is -0.540. The third kappa shape index (κ3) is 9.47. The van der Waals surface area contributed by atoms with E-state index in [0.29, 0.717) is 26.1 Å². The van der Waals surface area contributed by atoms with Crippen molar-refractivity contribution in [3.8, 4) is 0 Å². The molecule has 7 nitrogen and oxygen atoms in total. The van der Waals surface area contributed by atoms with Crippen molar-refractivity contribution >= 4 is 15.8 Å². The smallest absolute Gasteiger partial charge is 0.208 e. The summed E-state index contributed by atoms with van der Waals surface area (Å²) in [6, 6.07) is -0.437. The SMILES string of the molecule is CCCN(OCCCNS(C)(=O)=O)C(COC)C(=O)C(C)C. The van der Waals surface area contributed by atoms with Crippen LogP contribution in [0, 0.1) is 5.92 Å². The van der Waals surface area contributed by atoms with E-state index in [1.54, 1.807) is 12.2 Å². The Balaban J connectivity index is 4.50. The molecule has 1 unspecified atom stereocenters. The van der Waals surface area contributed by atoms with Gasteiger partial charge in [-0.3, -0.25) is 9.63 Å². The molecule has 0 bridgehead atoms. The van der Waals surface area contributed by atoms with Crippen LogP contribution in [0.25, 0.3) is 0 Å². The van der Waals surface area contributed by atoms with Gasteiger partial charge >= 0.3 is 0 Å². The lowest BCUT2D eigenvalue weighted by Crippen LogP contribution is -2.46. The summed E-state index contributed by atoms with van der Waals surface area (Å²) in [5.41, 5.74) is 0. The Bertz CT molecular complexity index is 411. The lowest BCUT2D eigenvalue weighted by molar-refractivity contribution is -0.198. The van der Waals surface area contributed by atoms with Crippen molar-refractivity contribution in [3.63, 3.8) is 0 Å². The van der Waals surface area contributed by atoms with Gasteiger partial charge in [0.05, 0.1) is 19.5 Å². The van der Waals surface area contributed by atoms with E-state index in [4.69, 9.17) is 9.57 Å². The summed E-state index contributed by atoms with van der Waals surface area (Å²) in [6.45, 7) is 7.26. The molecule has 0 aromatic heterocycles. The number of ketones is 1. The van der Waals surface area contributed by atoms with Gasteiger partial charge in [0.25, 0.3) is 0 Å². The summed E-state index contributed by atoms with van der Waals surface area (Å²) in [7, 11) is -1.62. The fraction of sp³-hybridized carbons (Fsp3) is 0.929. The molecule has 8 heteroatoms. The molecule has 0 saturated heterocycles. The zero-order chi connectivity index (χ0) is 17.2. The van der Waals surface area contributed by atoms with Crippen LogP contribution >= 0.6 is 0 Å². The molecule has 0 amide bonds. The third-order valence-electron chi connectivity index (χ3n) is 2.96. The molecule has 22 heavy (non-hydrogen) atoms. The molecule has 1 N–H and O–H groups in total. The highest BCUT2D eigenvalue weighted by Gasteiger charge is 2.28. The summed E-state index contributed by atoms with van der Waals surface area (Å²) < 4.78 is 29.5. The van der Waals surface area contributed by atoms with Crippen LogP contribution in [0.3, 0.4) is 0 Å². The van der Waals surface area contributed by atoms with Crippen molar-refractivity contribution in [3.05, 3.63) is 0 Å². The standard InChI is InChI=1S/C14H30N2O5S/c1-6-9-16(13(11-20-4)14(17)12(2)3)21-10-7-8-15-22(5,18)19/h12-13,15H,6-11H2,1-5H3. The number of hydroxylamine groups is 2. The van der Waals surface area contributed by atoms with Crippen LogP contribution in [0.15, 0.2) is 0 Å². The topological polar surface area (TPSA) is 84.9 Å². The van der Waals surface area contributed by atoms with Gasteiger partial charge < -0.3 is 4.74 Å². The maximum atomic E-state index is 12.3. The molecule has 0 aromatic carbocycles. The van der Waals surface area contributed by atoms with Gasteiger partial charge in [-0.25, -0.2) is 13.1 Å². The van der Waals surface area contributed by atoms with Crippen molar-refractivity contribution < 1.29 is 22.8 Å². The van der Waals surface area contributed by atoms with Crippen LogP contribution < -0.4 is 4.72 Å². The lowest BCUT2D eigenvalue weighted by atomic mass is 10.0. The van der Waals surface area contributed by atoms with Crippen LogP contribution in [0.2, 0.25) is 0 Å². The quantitative estimate of drug-likeness (QED) is 0.395. The highest BCUT2D eigenvalue weighted by atomic mass is 32.2. The average Bonchev–Trinajstić information content (AvgIpc) is 2.41. The number of methoxy groups -OCH3 is 1. The monoisotopic (exact) mass is 338 g/mol. The van der Waals surface area contributed by atoms with E-state index in [-0.39, 0.29) is 18.3 Å². The number of carbonyl (C=O) groups excluding carboxylic acids is 1. The molecule has 0 aliphatic carbocycles. The highest BCUT2D eigenvalue weighted by Crippen LogP contribution is 2.10. The van der Waals surface area contributed by atoms with E-state index in [0.717, 1.165) is 12.7 Å². The summed E-state index contributed by atoms with van der Waals surface area (Å²) in [5, 5.41) is 1.66. The van der Waals surface area contributed by atoms with Crippen LogP contribution in [0.1, 0.15) is 33.6 Å². The van der Waals surface area contributed by atoms with Crippen molar-refractivity contribution in [2.75, 3.05) is 39.7 Å². The Morgan fingerprint density at radius 2 is 1.95 bits per heavy atom. The van der Waals surface area contributed by atoms with Gasteiger partial charge in [-0.2, -0.15) is 5.06 Å². The number of hydrogen-bond acceptors (Lipinski definition) is 6. The Morgan fingerprint density at radius 1 is 1.32 bits per heavy atom. The fourth-order valence-electron chi connectivity index (χ4n) is 1.89. The molecule has 0 aliphatic heterocycles. The van der Waals surface area contributed by atoms with Crippen molar-refractivity contribution in [1.29, 1.82) is 0 Å². The molecular formula is C14H30N2O5S. The minimum absolute atomic E-state index is 0.0737. The second-order valence-corrected chi connectivity index (χ2v) is 7.36. The second kappa shape index (κ2) is 11.1. The van der Waals surface area contributed by atoms with E-state index in [9.17, 15) is 13.2 Å². The summed E-state index contributed by atoms with van der Waals surface area (Å²) >= 11 is 0. The van der Waals surface area contributed by atoms with Crippen LogP contribution in [-0.4, -0.2) is 65.0 Å². The molecule has 0 heterocycles. The van der Waals surface area contributed by atoms with Gasteiger partial charge in [-0.05, 0) is 12.8 Å². The zero-order valence-electron chi connectivity index (χ0n) is 14.3. The minimum atomic E-state index is -3.18. The zero-order valence-corrected chi connectivity index (χ0v) is 15.1. The predicted molar refractivity (Wildman–Crippen MR) is 85.9 cm³/mol. The van der Waals surface area contributed by atoms with Crippen LogP contribution in [0.5, 0.6) is 0 Å². The second-order valence-electron chi connectivity index (χ2n) is 5.52. The molecular weight excluding hydrogens is 308 g/mol. The summed E-state index contributed by atoms with van der Waals surface area (Å²) in [4.78, 5) is 18.0. The van der Waals surface area contributed by atoms with Gasteiger partial charge in [0.15, 0.2) is 5.78 Å². The summed E-state index contributed by atoms with van der Waals surface area (Å²) in [5.74, 6) is -0.0282. The van der Waals surface area contributed by atoms with Crippen molar-refractivity contribution in [2.24, 2.45) is 5.92 Å². The molecule has 0 radical (unpaired) electrons. The number of ether oxygens (including phenoxy) is 1. The maximum Gasteiger partial charge on any atom is 0.208 e. The summed E-state index contributed by atoms with van der Waals surface area (Å²) in [6.07, 6.45) is 2.49. The van der Waals surface area contributed by atoms with Crippen molar-refractivity contribution in [2.45, 2.75) is 39.7 Å². The first kappa shape index (κ1) is 21.5. The molecule has 0 aliphatic rings. The first-order chi connectivity index (χ1) is 10.2. The third-order valence-corrected chi connectivity index (χ3v) is 3.68. The predicted octanol–water partition coefficient (Wildman–Crippen LogP) is 0.809. The first-order valence-electron chi connectivity index (χ1n) is 7.59. The van der Waals surface area contributed by atoms with Crippen molar-refractivity contribution in [1.82, 2.24) is 9.79 Å². The molecule has 0 rings (SSSR count). The van der Waals surface area contributed by atoms with Crippen LogP contribution in [0.4, 0.5) is 0 Å². The highest BCUT2D eigenvalue weighted by molar-refractivity contribution is 7.88. The molecule has 0 aromatic rings. The van der Waals surface area contributed by atoms with Gasteiger partial charge in [0.2, 0.25) is 10.0 Å². The number of rotatable bonds is 13. The minimum Gasteiger partial charge on any atom is -0.382 e. The molecule has 1 atom stereocenters. The van der Waals surface area contributed by atoms with Crippen LogP contribution in [-0.2, 0) is 24.4 Å². The Morgan fingerprint density at radius 3 is 2.41 bits per heavy atom. The molecule has 0 fully saturated rings. The van der Waals surface area contributed by atoms with Gasteiger partial charge in [0, 0.05) is 26.1 Å². The number of hydrogen-bond donors (Lipinski definition) is 1. The average molecular weight is 338 g/mol. The fourth-order valence-corrected chi connectivity index (χ4v) is 2.41. The maximum absolute atomic E-state index is 12.3. The lowest BCUT2D eigenvalue weighted by Gasteiger charge is -2.30. The number of carbonyl (C=O) groups is 1. The van der Waals surface area contributed by atoms with E-state index < -0.39 is 16.1 Å². The number of nitrogens with zero attached hydrogens (tertiary/aromatic N) is 1. The van der Waals surface area contributed by atoms with Gasteiger partial charge in [0.1, 0.15) is 6.04 Å². The van der Waals surface area contributed by atoms with Gasteiger partial charge in [-0.15, -0.1) is 0 Å². The van der Waals surface area contributed by atoms with E-state index in [1.165, 1.54) is 0 Å². The Kier molecular flexibility index (Phi) is 10.8. The number of nitrogens with one attached hydrogen (secondary N) is 1. The van der Waals surface area contributed by atoms with E-state index in [1.807, 2.05) is 20.8 Å². The number of Topliss-reactive ketones (excluding diaryl/α,β-unsaturated/α-hetero) is 1. The molecule has 132 valence electrons. The largest absolute Gasteiger partial charge is 0.382 e. The normalized spacial score (nSPS) is 13.8. The Labute approximate surface area is 134 Å². The first-order valence-corrected chi connectivity index (χ1v) is 9.48. The molecule has 0 saturated carbocycles. The van der Waals surface area contributed by atoms with E-state index >= 15 is 0 Å².